The van der Waals surface area contributed by atoms with E-state index in [1.165, 1.54) is 12.4 Å². The molecule has 0 aliphatic heterocycles. The number of halogens is 3. The van der Waals surface area contributed by atoms with Gasteiger partial charge in [-0.25, -0.2) is 19.6 Å². The van der Waals surface area contributed by atoms with Gasteiger partial charge in [0.25, 0.3) is 0 Å². The Balaban J connectivity index is 2.32. The van der Waals surface area contributed by atoms with Crippen molar-refractivity contribution in [1.82, 2.24) is 24.7 Å². The molecule has 0 radical (unpaired) electrons. The molecule has 6 nitrogen and oxygen atoms in total. The van der Waals surface area contributed by atoms with Crippen LogP contribution in [0.1, 0.15) is 12.6 Å². The Hall–Kier alpha value is -2.45. The van der Waals surface area contributed by atoms with Crippen LogP contribution in [0, 0.1) is 0 Å². The molecule has 2 rings (SSSR count). The summed E-state index contributed by atoms with van der Waals surface area (Å²) in [5, 5.41) is 3.76. The molecule has 21 heavy (non-hydrogen) atoms. The van der Waals surface area contributed by atoms with E-state index in [-0.39, 0.29) is 17.3 Å². The highest BCUT2D eigenvalue weighted by Crippen LogP contribution is 2.23. The fourth-order valence-corrected chi connectivity index (χ4v) is 1.61. The summed E-state index contributed by atoms with van der Waals surface area (Å²) in [5.41, 5.74) is 0.515. The van der Waals surface area contributed by atoms with Gasteiger partial charge in [0.1, 0.15) is 30.0 Å². The van der Waals surface area contributed by atoms with E-state index >= 15 is 0 Å². The summed E-state index contributed by atoms with van der Waals surface area (Å²) in [4.78, 5) is 11.9. The topological polar surface area (TPSA) is 65.7 Å². The maximum Gasteiger partial charge on any atom is 0.408 e. The van der Waals surface area contributed by atoms with Gasteiger partial charge in [-0.1, -0.05) is 6.58 Å². The number of ether oxygens (including phenoxy) is 1. The van der Waals surface area contributed by atoms with Crippen molar-refractivity contribution in [3.63, 3.8) is 0 Å². The number of nitrogens with zero attached hydrogens (tertiary/aromatic N) is 5. The number of aromatic nitrogens is 5. The van der Waals surface area contributed by atoms with Crippen LogP contribution in [-0.2, 0) is 11.3 Å². The Morgan fingerprint density at radius 3 is 2.67 bits per heavy atom. The van der Waals surface area contributed by atoms with Crippen LogP contribution in [0.3, 0.4) is 0 Å². The Bertz CT molecular complexity index is 638. The van der Waals surface area contributed by atoms with Gasteiger partial charge >= 0.3 is 6.18 Å². The minimum absolute atomic E-state index is 0.0307. The Kier molecular flexibility index (Phi) is 4.20. The molecule has 0 aliphatic carbocycles. The summed E-state index contributed by atoms with van der Waals surface area (Å²) >= 11 is 0. The maximum atomic E-state index is 12.3. The van der Waals surface area contributed by atoms with E-state index in [4.69, 9.17) is 4.74 Å². The van der Waals surface area contributed by atoms with Crippen LogP contribution in [0.5, 0.6) is 0 Å². The molecular weight excluding hydrogens is 287 g/mol. The van der Waals surface area contributed by atoms with Crippen molar-refractivity contribution in [2.75, 3.05) is 6.61 Å². The molecule has 0 saturated carbocycles. The molecule has 0 aromatic carbocycles. The summed E-state index contributed by atoms with van der Waals surface area (Å²) in [7, 11) is 0. The number of hydrogen-bond acceptors (Lipinski definition) is 5. The Morgan fingerprint density at radius 1 is 1.29 bits per heavy atom. The summed E-state index contributed by atoms with van der Waals surface area (Å²) < 4.78 is 42.9. The highest BCUT2D eigenvalue weighted by molar-refractivity contribution is 5.68. The molecule has 9 heteroatoms. The maximum absolute atomic E-state index is 12.3. The van der Waals surface area contributed by atoms with Gasteiger partial charge in [0, 0.05) is 12.4 Å². The smallest absolute Gasteiger partial charge is 0.408 e. The lowest BCUT2D eigenvalue weighted by atomic mass is 10.2. The molecule has 0 amide bonds. The standard InChI is InChI=1S/C12H12F3N5O/c1-3-21-8(2)9-10(17-5-4-16-9)11-18-7-20(19-11)6-12(13,14)15/h4-5,7H,2-3,6H2,1H3. The van der Waals surface area contributed by atoms with Crippen molar-refractivity contribution in [2.24, 2.45) is 0 Å². The number of hydrogen-bond donors (Lipinski definition) is 0. The lowest BCUT2D eigenvalue weighted by Gasteiger charge is -2.08. The monoisotopic (exact) mass is 299 g/mol. The van der Waals surface area contributed by atoms with Crippen LogP contribution in [0.4, 0.5) is 13.2 Å². The van der Waals surface area contributed by atoms with Crippen LogP contribution in [-0.4, -0.2) is 37.5 Å². The third-order valence-corrected chi connectivity index (χ3v) is 2.37. The van der Waals surface area contributed by atoms with Crippen molar-refractivity contribution in [3.05, 3.63) is 31.0 Å². The minimum atomic E-state index is -4.37. The average molecular weight is 299 g/mol. The molecule has 112 valence electrons. The molecule has 2 heterocycles. The SMILES string of the molecule is C=C(OCC)c1nccnc1-c1ncn(CC(F)(F)F)n1. The van der Waals surface area contributed by atoms with Crippen molar-refractivity contribution >= 4 is 5.76 Å². The second-order valence-electron chi connectivity index (χ2n) is 3.99. The van der Waals surface area contributed by atoms with E-state index in [2.05, 4.69) is 26.6 Å². The molecule has 0 fully saturated rings. The first-order chi connectivity index (χ1) is 9.90. The Morgan fingerprint density at radius 2 is 2.00 bits per heavy atom. The zero-order valence-corrected chi connectivity index (χ0v) is 11.1. The van der Waals surface area contributed by atoms with Gasteiger partial charge < -0.3 is 4.74 Å². The van der Waals surface area contributed by atoms with Crippen LogP contribution >= 0.6 is 0 Å². The van der Waals surface area contributed by atoms with Gasteiger partial charge in [-0.2, -0.15) is 13.2 Å². The van der Waals surface area contributed by atoms with Gasteiger partial charge in [-0.3, -0.25) is 0 Å². The largest absolute Gasteiger partial charge is 0.492 e. The molecule has 0 N–H and O–H groups in total. The predicted molar refractivity (Wildman–Crippen MR) is 67.8 cm³/mol. The fraction of sp³-hybridized carbons (Fsp3) is 0.333. The third kappa shape index (κ3) is 3.77. The second kappa shape index (κ2) is 5.90. The normalized spacial score (nSPS) is 11.4. The van der Waals surface area contributed by atoms with Gasteiger partial charge in [0.15, 0.2) is 0 Å². The van der Waals surface area contributed by atoms with E-state index < -0.39 is 12.7 Å². The lowest BCUT2D eigenvalue weighted by molar-refractivity contribution is -0.142. The third-order valence-electron chi connectivity index (χ3n) is 2.37. The number of alkyl halides is 3. The molecule has 0 atom stereocenters. The summed E-state index contributed by atoms with van der Waals surface area (Å²) in [5.74, 6) is 0.288. The van der Waals surface area contributed by atoms with Crippen molar-refractivity contribution in [1.29, 1.82) is 0 Å². The zero-order valence-electron chi connectivity index (χ0n) is 11.1. The fourth-order valence-electron chi connectivity index (χ4n) is 1.61. The molecule has 0 aliphatic rings. The van der Waals surface area contributed by atoms with Crippen LogP contribution in [0.2, 0.25) is 0 Å². The predicted octanol–water partition coefficient (Wildman–Crippen LogP) is 2.30. The molecule has 2 aromatic rings. The van der Waals surface area contributed by atoms with Gasteiger partial charge in [0.05, 0.1) is 6.61 Å². The quantitative estimate of drug-likeness (QED) is 0.793. The molecule has 2 aromatic heterocycles. The van der Waals surface area contributed by atoms with E-state index in [9.17, 15) is 13.2 Å². The summed E-state index contributed by atoms with van der Waals surface area (Å²) in [6.07, 6.45) is -0.561. The highest BCUT2D eigenvalue weighted by atomic mass is 19.4. The van der Waals surface area contributed by atoms with E-state index in [1.807, 2.05) is 0 Å². The van der Waals surface area contributed by atoms with E-state index in [1.54, 1.807) is 6.92 Å². The lowest BCUT2D eigenvalue weighted by Crippen LogP contribution is -2.18. The highest BCUT2D eigenvalue weighted by Gasteiger charge is 2.29. The van der Waals surface area contributed by atoms with E-state index in [0.29, 0.717) is 17.0 Å². The summed E-state index contributed by atoms with van der Waals surface area (Å²) in [6, 6.07) is 0. The van der Waals surface area contributed by atoms with Gasteiger partial charge in [-0.05, 0) is 6.92 Å². The van der Waals surface area contributed by atoms with Crippen LogP contribution < -0.4 is 0 Å². The molecular formula is C12H12F3N5O. The first-order valence-electron chi connectivity index (χ1n) is 6.00. The first-order valence-corrected chi connectivity index (χ1v) is 6.00. The van der Waals surface area contributed by atoms with E-state index in [0.717, 1.165) is 6.33 Å². The first kappa shape index (κ1) is 14.9. The average Bonchev–Trinajstić information content (AvgIpc) is 2.85. The van der Waals surface area contributed by atoms with Crippen LogP contribution in [0.15, 0.2) is 25.3 Å². The molecule has 0 unspecified atom stereocenters. The Labute approximate surface area is 118 Å². The summed E-state index contributed by atoms with van der Waals surface area (Å²) in [6.45, 7) is 4.63. The van der Waals surface area contributed by atoms with Gasteiger partial charge in [0.2, 0.25) is 5.82 Å². The van der Waals surface area contributed by atoms with Crippen molar-refractivity contribution < 1.29 is 17.9 Å². The zero-order chi connectivity index (χ0) is 15.5. The van der Waals surface area contributed by atoms with Crippen molar-refractivity contribution in [3.8, 4) is 11.5 Å². The molecule has 0 spiro atoms. The van der Waals surface area contributed by atoms with Gasteiger partial charge in [-0.15, -0.1) is 5.10 Å². The number of rotatable bonds is 5. The molecule has 0 saturated heterocycles. The van der Waals surface area contributed by atoms with Crippen LogP contribution in [0.25, 0.3) is 17.3 Å². The van der Waals surface area contributed by atoms with Crippen molar-refractivity contribution in [2.45, 2.75) is 19.6 Å². The second-order valence-corrected chi connectivity index (χ2v) is 3.99. The molecule has 0 bridgehead atoms. The minimum Gasteiger partial charge on any atom is -0.492 e.